The van der Waals surface area contributed by atoms with Gasteiger partial charge in [-0.25, -0.2) is 4.79 Å². The number of carbonyl (C=O) groups is 3. The second kappa shape index (κ2) is 39.7. The molecule has 0 heterocycles. The lowest BCUT2D eigenvalue weighted by Gasteiger charge is -2.30. The van der Waals surface area contributed by atoms with Crippen molar-refractivity contribution in [2.75, 3.05) is 39.6 Å². The van der Waals surface area contributed by atoms with Crippen molar-refractivity contribution in [3.8, 4) is 0 Å². The first-order valence-corrected chi connectivity index (χ1v) is 23.8. The van der Waals surface area contributed by atoms with Gasteiger partial charge in [-0.1, -0.05) is 206 Å². The normalized spacial score (nSPS) is 11.9. The summed E-state index contributed by atoms with van der Waals surface area (Å²) in [5, 5.41) is 40.1. The minimum atomic E-state index is -2.57. The monoisotopic (exact) mass is 815 g/mol. The van der Waals surface area contributed by atoms with Gasteiger partial charge < -0.3 is 34.6 Å². The maximum absolute atomic E-state index is 13.1. The van der Waals surface area contributed by atoms with E-state index in [0.717, 1.165) is 38.5 Å². The fourth-order valence-corrected chi connectivity index (χ4v) is 7.10. The van der Waals surface area contributed by atoms with E-state index in [-0.39, 0.29) is 13.2 Å². The van der Waals surface area contributed by atoms with E-state index in [1.54, 1.807) is 0 Å². The third kappa shape index (κ3) is 32.7. The molecule has 0 rings (SSSR count). The lowest BCUT2D eigenvalue weighted by atomic mass is 9.92. The highest BCUT2D eigenvalue weighted by Gasteiger charge is 2.44. The molecule has 0 atom stereocenters. The van der Waals surface area contributed by atoms with Crippen LogP contribution in [0.5, 0.6) is 0 Å². The molecule has 0 amide bonds. The molecule has 0 bridgehead atoms. The number of aliphatic hydroxyl groups is 4. The van der Waals surface area contributed by atoms with Gasteiger partial charge in [-0.05, 0) is 12.8 Å². The molecule has 0 aromatic carbocycles. The van der Waals surface area contributed by atoms with E-state index < -0.39 is 68.2 Å². The first kappa shape index (κ1) is 55.2. The van der Waals surface area contributed by atoms with Gasteiger partial charge in [0.25, 0.3) is 0 Å². The largest absolute Gasteiger partial charge is 0.466 e. The van der Waals surface area contributed by atoms with Crippen LogP contribution in [-0.2, 0) is 28.6 Å². The Morgan fingerprint density at radius 2 is 0.632 bits per heavy atom. The van der Waals surface area contributed by atoms with Crippen LogP contribution < -0.4 is 0 Å². The van der Waals surface area contributed by atoms with Crippen molar-refractivity contribution < 1.29 is 49.0 Å². The summed E-state index contributed by atoms with van der Waals surface area (Å²) in [6.07, 6.45) is 37.6. The van der Waals surface area contributed by atoms with E-state index in [2.05, 4.69) is 13.8 Å². The molecule has 0 aromatic heterocycles. The SMILES string of the molecule is CCCCCCCCCCCCCCCCCCOC(=O)CC(O)(CC(=O)OCCCCCCCCCCCCCCCCCC)C(=O)OCC(CO)(CO)CO. The Bertz CT molecular complexity index is 862. The maximum atomic E-state index is 13.1. The highest BCUT2D eigenvalue weighted by atomic mass is 16.6. The fourth-order valence-electron chi connectivity index (χ4n) is 7.10. The van der Waals surface area contributed by atoms with Crippen molar-refractivity contribution >= 4 is 17.9 Å². The maximum Gasteiger partial charge on any atom is 0.339 e. The van der Waals surface area contributed by atoms with Crippen LogP contribution in [0.3, 0.4) is 0 Å². The molecule has 10 nitrogen and oxygen atoms in total. The quantitative estimate of drug-likeness (QED) is 0.0265. The van der Waals surface area contributed by atoms with E-state index in [1.807, 2.05) is 0 Å². The highest BCUT2D eigenvalue weighted by molar-refractivity contribution is 5.90. The smallest absolute Gasteiger partial charge is 0.339 e. The molecule has 0 aliphatic heterocycles. The Morgan fingerprint density at radius 3 is 0.877 bits per heavy atom. The Morgan fingerprint density at radius 1 is 0.386 bits per heavy atom. The molecule has 10 heteroatoms. The number of aliphatic hydroxyl groups excluding tert-OH is 3. The number of unbranched alkanes of at least 4 members (excludes halogenated alkanes) is 30. The molecule has 0 fully saturated rings. The summed E-state index contributed by atoms with van der Waals surface area (Å²) < 4.78 is 15.8. The standard InChI is InChI=1S/C47H90O10/c1-3-5-7-9-11-13-15-17-19-21-23-25-27-29-31-33-35-55-43(51)37-47(54,45(53)57-42-46(39-48,40-49)41-50)38-44(52)56-36-34-32-30-28-26-24-22-20-18-16-14-12-10-8-6-4-2/h48-50,54H,3-42H2,1-2H3. The number of rotatable bonds is 44. The van der Waals surface area contributed by atoms with Gasteiger partial charge in [0, 0.05) is 0 Å². The second-order valence-corrected chi connectivity index (χ2v) is 17.0. The average Bonchev–Trinajstić information content (AvgIpc) is 3.20. The van der Waals surface area contributed by atoms with E-state index >= 15 is 0 Å². The van der Waals surface area contributed by atoms with Crippen molar-refractivity contribution in [3.63, 3.8) is 0 Å². The van der Waals surface area contributed by atoms with Gasteiger partial charge in [0.2, 0.25) is 0 Å². The molecule has 0 unspecified atom stereocenters. The molecule has 338 valence electrons. The van der Waals surface area contributed by atoms with Gasteiger partial charge >= 0.3 is 17.9 Å². The predicted octanol–water partition coefficient (Wildman–Crippen LogP) is 10.6. The molecule has 0 aromatic rings. The second-order valence-electron chi connectivity index (χ2n) is 17.0. The third-order valence-electron chi connectivity index (χ3n) is 11.3. The van der Waals surface area contributed by atoms with Crippen LogP contribution in [0.1, 0.15) is 232 Å². The predicted molar refractivity (Wildman–Crippen MR) is 230 cm³/mol. The summed E-state index contributed by atoms with van der Waals surface area (Å²) >= 11 is 0. The van der Waals surface area contributed by atoms with Crippen LogP contribution in [-0.4, -0.2) is 83.6 Å². The van der Waals surface area contributed by atoms with E-state index in [1.165, 1.54) is 154 Å². The summed E-state index contributed by atoms with van der Waals surface area (Å²) in [5.41, 5.74) is -4.11. The molecule has 0 aliphatic rings. The van der Waals surface area contributed by atoms with Crippen LogP contribution >= 0.6 is 0 Å². The summed E-state index contributed by atoms with van der Waals surface area (Å²) in [7, 11) is 0. The molecule has 0 spiro atoms. The van der Waals surface area contributed by atoms with Gasteiger partial charge in [-0.3, -0.25) is 9.59 Å². The first-order valence-electron chi connectivity index (χ1n) is 23.8. The van der Waals surface area contributed by atoms with Crippen LogP contribution in [0.25, 0.3) is 0 Å². The lowest BCUT2D eigenvalue weighted by Crippen LogP contribution is -2.47. The fraction of sp³-hybridized carbons (Fsp3) is 0.936. The Kier molecular flexibility index (Phi) is 38.5. The number of hydrogen-bond acceptors (Lipinski definition) is 10. The molecule has 4 N–H and O–H groups in total. The summed E-state index contributed by atoms with van der Waals surface area (Å²) in [6, 6.07) is 0. The number of carbonyl (C=O) groups excluding carboxylic acids is 3. The molecule has 0 saturated heterocycles. The zero-order chi connectivity index (χ0) is 42.1. The minimum absolute atomic E-state index is 0.134. The van der Waals surface area contributed by atoms with Gasteiger partial charge in [-0.15, -0.1) is 0 Å². The van der Waals surface area contributed by atoms with Crippen molar-refractivity contribution in [1.29, 1.82) is 0 Å². The zero-order valence-electron chi connectivity index (χ0n) is 37.0. The molecule has 0 aliphatic carbocycles. The number of esters is 3. The van der Waals surface area contributed by atoms with Crippen LogP contribution in [0.4, 0.5) is 0 Å². The molecule has 0 radical (unpaired) electrons. The third-order valence-corrected chi connectivity index (χ3v) is 11.3. The summed E-state index contributed by atoms with van der Waals surface area (Å²) in [6.45, 7) is 2.09. The molecule has 0 saturated carbocycles. The Labute approximate surface area is 349 Å². The topological polar surface area (TPSA) is 160 Å². The minimum Gasteiger partial charge on any atom is -0.466 e. The number of ether oxygens (including phenoxy) is 3. The lowest BCUT2D eigenvalue weighted by molar-refractivity contribution is -0.182. The van der Waals surface area contributed by atoms with E-state index in [9.17, 15) is 34.8 Å². The van der Waals surface area contributed by atoms with Crippen molar-refractivity contribution in [2.45, 2.75) is 238 Å². The van der Waals surface area contributed by atoms with Crippen LogP contribution in [0.2, 0.25) is 0 Å². The average molecular weight is 815 g/mol. The molecular formula is C47H90O10. The number of hydrogen-bond donors (Lipinski definition) is 4. The summed E-state index contributed by atoms with van der Waals surface area (Å²) in [5.74, 6) is -2.99. The Hall–Kier alpha value is -1.75. The van der Waals surface area contributed by atoms with Gasteiger partial charge in [-0.2, -0.15) is 0 Å². The van der Waals surface area contributed by atoms with Crippen molar-refractivity contribution in [1.82, 2.24) is 0 Å². The van der Waals surface area contributed by atoms with Gasteiger partial charge in [0.05, 0.1) is 51.3 Å². The summed E-state index contributed by atoms with van der Waals surface area (Å²) in [4.78, 5) is 38.5. The highest BCUT2D eigenvalue weighted by Crippen LogP contribution is 2.24. The Balaban J connectivity index is 4.40. The van der Waals surface area contributed by atoms with Gasteiger partial charge in [0.1, 0.15) is 6.61 Å². The van der Waals surface area contributed by atoms with Crippen molar-refractivity contribution in [2.24, 2.45) is 5.41 Å². The van der Waals surface area contributed by atoms with Crippen LogP contribution in [0.15, 0.2) is 0 Å². The van der Waals surface area contributed by atoms with E-state index in [0.29, 0.717) is 12.8 Å². The zero-order valence-corrected chi connectivity index (χ0v) is 37.0. The molecular weight excluding hydrogens is 725 g/mol. The van der Waals surface area contributed by atoms with Crippen molar-refractivity contribution in [3.05, 3.63) is 0 Å². The molecule has 57 heavy (non-hydrogen) atoms. The first-order chi connectivity index (χ1) is 27.7. The van der Waals surface area contributed by atoms with Crippen LogP contribution in [0, 0.1) is 5.41 Å². The van der Waals surface area contributed by atoms with E-state index in [4.69, 9.17) is 14.2 Å². The van der Waals surface area contributed by atoms with Gasteiger partial charge in [0.15, 0.2) is 5.60 Å².